The molecule has 2 aromatic heterocycles. The molecule has 0 aromatic carbocycles. The fourth-order valence-corrected chi connectivity index (χ4v) is 2.24. The van der Waals surface area contributed by atoms with Crippen LogP contribution in [0, 0.1) is 10.1 Å². The van der Waals surface area contributed by atoms with Gasteiger partial charge in [0, 0.05) is 4.88 Å². The molecule has 0 amide bonds. The lowest BCUT2D eigenvalue weighted by molar-refractivity contribution is -0.385. The first-order valence-corrected chi connectivity index (χ1v) is 5.82. The summed E-state index contributed by atoms with van der Waals surface area (Å²) in [6.45, 7) is 0.0471. The fraction of sp³-hybridized carbons (Fsp3) is 0.100. The monoisotopic (exact) mass is 281 g/mol. The van der Waals surface area contributed by atoms with E-state index in [1.165, 1.54) is 6.07 Å². The van der Waals surface area contributed by atoms with Gasteiger partial charge in [-0.2, -0.15) is 4.98 Å². The predicted octanol–water partition coefficient (Wildman–Crippen LogP) is 0.960. The Bertz CT molecular complexity index is 705. The van der Waals surface area contributed by atoms with E-state index in [9.17, 15) is 19.7 Å². The van der Waals surface area contributed by atoms with Crippen LogP contribution in [0.25, 0.3) is 0 Å². The molecule has 98 valence electrons. The van der Waals surface area contributed by atoms with Crippen molar-refractivity contribution in [1.82, 2.24) is 9.55 Å². The molecular formula is C10H7N3O5S. The number of carboxylic acid groups (broad SMARTS) is 1. The van der Waals surface area contributed by atoms with Crippen molar-refractivity contribution in [1.29, 1.82) is 0 Å². The van der Waals surface area contributed by atoms with E-state index >= 15 is 0 Å². The van der Waals surface area contributed by atoms with E-state index in [2.05, 4.69) is 4.98 Å². The van der Waals surface area contributed by atoms with E-state index < -0.39 is 16.6 Å². The van der Waals surface area contributed by atoms with Crippen molar-refractivity contribution in [3.63, 3.8) is 0 Å². The van der Waals surface area contributed by atoms with Crippen LogP contribution in [-0.4, -0.2) is 25.6 Å². The minimum Gasteiger partial charge on any atom is -0.477 e. The van der Waals surface area contributed by atoms with Gasteiger partial charge in [0.15, 0.2) is 0 Å². The van der Waals surface area contributed by atoms with Gasteiger partial charge in [0.2, 0.25) is 0 Å². The van der Waals surface area contributed by atoms with Crippen molar-refractivity contribution < 1.29 is 14.8 Å². The number of nitro groups is 1. The summed E-state index contributed by atoms with van der Waals surface area (Å²) in [5.41, 5.74) is -0.925. The molecule has 19 heavy (non-hydrogen) atoms. The number of aromatic nitrogens is 2. The van der Waals surface area contributed by atoms with Crippen molar-refractivity contribution in [2.75, 3.05) is 0 Å². The minimum atomic E-state index is -1.05. The molecule has 8 nitrogen and oxygen atoms in total. The van der Waals surface area contributed by atoms with Crippen LogP contribution in [0.3, 0.4) is 0 Å². The molecular weight excluding hydrogens is 274 g/mol. The lowest BCUT2D eigenvalue weighted by Gasteiger charge is -2.01. The largest absolute Gasteiger partial charge is 0.477 e. The van der Waals surface area contributed by atoms with Crippen molar-refractivity contribution >= 4 is 23.0 Å². The van der Waals surface area contributed by atoms with E-state index in [-0.39, 0.29) is 17.1 Å². The highest BCUT2D eigenvalue weighted by Gasteiger charge is 2.11. The molecule has 2 rings (SSSR count). The van der Waals surface area contributed by atoms with Crippen LogP contribution >= 0.6 is 11.3 Å². The van der Waals surface area contributed by atoms with Crippen LogP contribution in [0.5, 0.6) is 0 Å². The molecule has 0 saturated carbocycles. The van der Waals surface area contributed by atoms with Gasteiger partial charge in [-0.05, 0) is 12.1 Å². The van der Waals surface area contributed by atoms with Crippen LogP contribution in [0.15, 0.2) is 29.3 Å². The Kier molecular flexibility index (Phi) is 3.38. The Balaban J connectivity index is 2.31. The number of thiophene rings is 1. The molecule has 0 atom stereocenters. The zero-order valence-electron chi connectivity index (χ0n) is 9.35. The average Bonchev–Trinajstić information content (AvgIpc) is 2.80. The number of carboxylic acids is 1. The van der Waals surface area contributed by atoms with Gasteiger partial charge in [-0.3, -0.25) is 14.7 Å². The van der Waals surface area contributed by atoms with Gasteiger partial charge in [-0.1, -0.05) is 0 Å². The van der Waals surface area contributed by atoms with Gasteiger partial charge in [0.05, 0.1) is 17.7 Å². The van der Waals surface area contributed by atoms with Crippen LogP contribution < -0.4 is 5.69 Å². The first kappa shape index (κ1) is 12.9. The molecule has 0 saturated heterocycles. The third kappa shape index (κ3) is 2.83. The number of hydrogen-bond acceptors (Lipinski definition) is 6. The standard InChI is InChI=1S/C10H7N3O5S/c14-9(15)8-2-1-7(19-8)5-12-4-6(13(17)18)3-11-10(12)16/h1-4H,5H2,(H,14,15). The van der Waals surface area contributed by atoms with Gasteiger partial charge in [-0.25, -0.2) is 9.59 Å². The molecule has 0 aliphatic heterocycles. The van der Waals surface area contributed by atoms with Crippen LogP contribution in [-0.2, 0) is 6.54 Å². The first-order chi connectivity index (χ1) is 8.97. The van der Waals surface area contributed by atoms with E-state index in [0.29, 0.717) is 4.88 Å². The maximum atomic E-state index is 11.5. The molecule has 0 aliphatic carbocycles. The Morgan fingerprint density at radius 2 is 2.26 bits per heavy atom. The SMILES string of the molecule is O=C(O)c1ccc(Cn2cc([N+](=O)[O-])cnc2=O)s1. The highest BCUT2D eigenvalue weighted by molar-refractivity contribution is 7.13. The normalized spacial score (nSPS) is 10.3. The van der Waals surface area contributed by atoms with Crippen LogP contribution in [0.2, 0.25) is 0 Å². The van der Waals surface area contributed by atoms with E-state index in [1.807, 2.05) is 0 Å². The summed E-state index contributed by atoms with van der Waals surface area (Å²) >= 11 is 1.00. The van der Waals surface area contributed by atoms with Gasteiger partial charge in [0.25, 0.3) is 0 Å². The van der Waals surface area contributed by atoms with Gasteiger partial charge < -0.3 is 5.11 Å². The molecule has 0 aliphatic rings. The molecule has 0 spiro atoms. The summed E-state index contributed by atoms with van der Waals surface area (Å²) in [5, 5.41) is 19.4. The topological polar surface area (TPSA) is 115 Å². The van der Waals surface area contributed by atoms with E-state index in [0.717, 1.165) is 28.3 Å². The zero-order chi connectivity index (χ0) is 14.0. The van der Waals surface area contributed by atoms with Crippen molar-refractivity contribution in [3.8, 4) is 0 Å². The molecule has 9 heteroatoms. The van der Waals surface area contributed by atoms with Crippen molar-refractivity contribution in [3.05, 3.63) is 54.9 Å². The minimum absolute atomic E-state index is 0.0471. The molecule has 0 radical (unpaired) electrons. The number of hydrogen-bond donors (Lipinski definition) is 1. The molecule has 2 aromatic rings. The average molecular weight is 281 g/mol. The highest BCUT2D eigenvalue weighted by Crippen LogP contribution is 2.17. The summed E-state index contributed by atoms with van der Waals surface area (Å²) in [5.74, 6) is -1.05. The second kappa shape index (κ2) is 4.98. The van der Waals surface area contributed by atoms with Crippen molar-refractivity contribution in [2.45, 2.75) is 6.54 Å². The third-order valence-corrected chi connectivity index (χ3v) is 3.31. The Morgan fingerprint density at radius 3 is 2.84 bits per heavy atom. The van der Waals surface area contributed by atoms with Gasteiger partial charge >= 0.3 is 17.3 Å². The van der Waals surface area contributed by atoms with Crippen LogP contribution in [0.1, 0.15) is 14.5 Å². The summed E-state index contributed by atoms with van der Waals surface area (Å²) in [7, 11) is 0. The quantitative estimate of drug-likeness (QED) is 0.659. The lowest BCUT2D eigenvalue weighted by Crippen LogP contribution is -2.22. The predicted molar refractivity (Wildman–Crippen MR) is 65.5 cm³/mol. The zero-order valence-corrected chi connectivity index (χ0v) is 10.2. The smallest absolute Gasteiger partial charge is 0.348 e. The van der Waals surface area contributed by atoms with Gasteiger partial charge in [-0.15, -0.1) is 11.3 Å². The van der Waals surface area contributed by atoms with Crippen LogP contribution in [0.4, 0.5) is 5.69 Å². The number of rotatable bonds is 4. The maximum absolute atomic E-state index is 11.5. The number of carbonyl (C=O) groups is 1. The molecule has 0 bridgehead atoms. The first-order valence-electron chi connectivity index (χ1n) is 5.00. The maximum Gasteiger partial charge on any atom is 0.348 e. The molecule has 0 fully saturated rings. The second-order valence-corrected chi connectivity index (χ2v) is 4.72. The molecule has 1 N–H and O–H groups in total. The number of nitrogens with zero attached hydrogens (tertiary/aromatic N) is 3. The summed E-state index contributed by atoms with van der Waals surface area (Å²) in [4.78, 5) is 36.2. The van der Waals surface area contributed by atoms with Crippen molar-refractivity contribution in [2.24, 2.45) is 0 Å². The second-order valence-electron chi connectivity index (χ2n) is 3.55. The lowest BCUT2D eigenvalue weighted by atomic mass is 10.4. The third-order valence-electron chi connectivity index (χ3n) is 2.25. The highest BCUT2D eigenvalue weighted by atomic mass is 32.1. The molecule has 2 heterocycles. The summed E-state index contributed by atoms with van der Waals surface area (Å²) in [6.07, 6.45) is 1.96. The number of aromatic carboxylic acids is 1. The molecule has 0 unspecified atom stereocenters. The van der Waals surface area contributed by atoms with Gasteiger partial charge in [0.1, 0.15) is 11.1 Å². The Morgan fingerprint density at radius 1 is 1.53 bits per heavy atom. The van der Waals surface area contributed by atoms with E-state index in [4.69, 9.17) is 5.11 Å². The fourth-order valence-electron chi connectivity index (χ4n) is 1.40. The Labute approximate surface area is 109 Å². The Hall–Kier alpha value is -2.55. The van der Waals surface area contributed by atoms with E-state index in [1.54, 1.807) is 6.07 Å². The summed E-state index contributed by atoms with van der Waals surface area (Å²) in [6, 6.07) is 2.97. The summed E-state index contributed by atoms with van der Waals surface area (Å²) < 4.78 is 1.07.